The molecule has 0 bridgehead atoms. The third kappa shape index (κ3) is 2.54. The van der Waals surface area contributed by atoms with Crippen LogP contribution in [0.15, 0.2) is 12.3 Å². The Balaban J connectivity index is 2.22. The first-order valence-electron chi connectivity index (χ1n) is 4.23. The molecule has 11 heavy (non-hydrogen) atoms. The maximum Gasteiger partial charge on any atom is 0.121 e. The first kappa shape index (κ1) is 8.60. The molecular weight excluding hydrogens is 140 g/mol. The largest absolute Gasteiger partial charge is 0.496 e. The fourth-order valence-corrected chi connectivity index (χ4v) is 1.26. The Bertz CT molecular complexity index is 126. The first-order chi connectivity index (χ1) is 5.34. The van der Waals surface area contributed by atoms with Gasteiger partial charge in [-0.2, -0.15) is 0 Å². The van der Waals surface area contributed by atoms with Gasteiger partial charge in [-0.1, -0.05) is 6.08 Å². The van der Waals surface area contributed by atoms with E-state index in [9.17, 15) is 0 Å². The minimum Gasteiger partial charge on any atom is -0.496 e. The molecule has 1 fully saturated rings. The van der Waals surface area contributed by atoms with E-state index in [0.717, 1.165) is 13.0 Å². The molecule has 0 N–H and O–H groups in total. The lowest BCUT2D eigenvalue weighted by Crippen LogP contribution is -2.23. The van der Waals surface area contributed by atoms with Gasteiger partial charge in [-0.3, -0.25) is 0 Å². The molecule has 2 heteroatoms. The van der Waals surface area contributed by atoms with Crippen molar-refractivity contribution in [2.75, 3.05) is 6.61 Å². The van der Waals surface area contributed by atoms with Gasteiger partial charge in [0.05, 0.1) is 12.4 Å². The summed E-state index contributed by atoms with van der Waals surface area (Å²) in [5, 5.41) is 0. The van der Waals surface area contributed by atoms with Gasteiger partial charge in [0.25, 0.3) is 0 Å². The summed E-state index contributed by atoms with van der Waals surface area (Å²) in [6, 6.07) is 0. The second-order valence-corrected chi connectivity index (χ2v) is 2.86. The molecule has 0 radical (unpaired) electrons. The summed E-state index contributed by atoms with van der Waals surface area (Å²) in [7, 11) is 0. The highest BCUT2D eigenvalue weighted by Gasteiger charge is 2.22. The zero-order chi connectivity index (χ0) is 8.10. The van der Waals surface area contributed by atoms with Crippen LogP contribution in [0.2, 0.25) is 0 Å². The Kier molecular flexibility index (Phi) is 3.43. The predicted molar refractivity (Wildman–Crippen MR) is 44.3 cm³/mol. The standard InChI is InChI=1S/C9H16O2/c1-3-6-10-8(2)9-5-4-7-11-9/h3,6,8-9H,4-5,7H2,1-2H3/b6-3+. The van der Waals surface area contributed by atoms with Crippen LogP contribution in [-0.2, 0) is 9.47 Å². The van der Waals surface area contributed by atoms with Crippen LogP contribution in [-0.4, -0.2) is 18.8 Å². The van der Waals surface area contributed by atoms with Gasteiger partial charge in [0, 0.05) is 6.61 Å². The van der Waals surface area contributed by atoms with Crippen LogP contribution < -0.4 is 0 Å². The van der Waals surface area contributed by atoms with E-state index in [4.69, 9.17) is 9.47 Å². The molecule has 0 aliphatic carbocycles. The van der Waals surface area contributed by atoms with E-state index in [2.05, 4.69) is 6.92 Å². The summed E-state index contributed by atoms with van der Waals surface area (Å²) in [5.74, 6) is 0. The van der Waals surface area contributed by atoms with Crippen molar-refractivity contribution in [2.24, 2.45) is 0 Å². The lowest BCUT2D eigenvalue weighted by Gasteiger charge is -2.17. The quantitative estimate of drug-likeness (QED) is 0.582. The predicted octanol–water partition coefficient (Wildman–Crippen LogP) is 2.10. The van der Waals surface area contributed by atoms with E-state index in [1.807, 2.05) is 13.0 Å². The molecule has 0 spiro atoms. The summed E-state index contributed by atoms with van der Waals surface area (Å²) in [6.45, 7) is 4.90. The van der Waals surface area contributed by atoms with Crippen molar-refractivity contribution in [3.63, 3.8) is 0 Å². The molecule has 0 aromatic carbocycles. The monoisotopic (exact) mass is 156 g/mol. The molecule has 2 unspecified atom stereocenters. The third-order valence-electron chi connectivity index (χ3n) is 1.92. The van der Waals surface area contributed by atoms with E-state index < -0.39 is 0 Å². The van der Waals surface area contributed by atoms with Gasteiger partial charge in [-0.05, 0) is 26.7 Å². The summed E-state index contributed by atoms with van der Waals surface area (Å²) in [6.07, 6.45) is 6.45. The Morgan fingerprint density at radius 3 is 3.00 bits per heavy atom. The van der Waals surface area contributed by atoms with Crippen molar-refractivity contribution in [2.45, 2.75) is 38.9 Å². The summed E-state index contributed by atoms with van der Waals surface area (Å²) >= 11 is 0. The summed E-state index contributed by atoms with van der Waals surface area (Å²) in [4.78, 5) is 0. The van der Waals surface area contributed by atoms with Crippen molar-refractivity contribution in [1.82, 2.24) is 0 Å². The van der Waals surface area contributed by atoms with E-state index in [1.165, 1.54) is 6.42 Å². The molecule has 0 aromatic heterocycles. The second-order valence-electron chi connectivity index (χ2n) is 2.86. The minimum absolute atomic E-state index is 0.202. The van der Waals surface area contributed by atoms with Crippen LogP contribution in [0, 0.1) is 0 Å². The number of ether oxygens (including phenoxy) is 2. The van der Waals surface area contributed by atoms with Gasteiger partial charge in [0.1, 0.15) is 6.10 Å². The molecule has 1 rings (SSSR count). The number of allylic oxidation sites excluding steroid dienone is 1. The van der Waals surface area contributed by atoms with Crippen molar-refractivity contribution in [3.05, 3.63) is 12.3 Å². The molecule has 0 aromatic rings. The smallest absolute Gasteiger partial charge is 0.121 e. The molecule has 1 heterocycles. The molecule has 0 amide bonds. The van der Waals surface area contributed by atoms with Crippen LogP contribution in [0.1, 0.15) is 26.7 Å². The zero-order valence-corrected chi connectivity index (χ0v) is 7.25. The maximum absolute atomic E-state index is 5.45. The molecule has 2 atom stereocenters. The SMILES string of the molecule is C/C=C/OC(C)C1CCCO1. The summed E-state index contributed by atoms with van der Waals surface area (Å²) in [5.41, 5.74) is 0. The van der Waals surface area contributed by atoms with Crippen molar-refractivity contribution < 1.29 is 9.47 Å². The lowest BCUT2D eigenvalue weighted by molar-refractivity contribution is 0.000140. The Labute approximate surface area is 68.2 Å². The number of rotatable bonds is 3. The van der Waals surface area contributed by atoms with Gasteiger partial charge in [-0.15, -0.1) is 0 Å². The zero-order valence-electron chi connectivity index (χ0n) is 7.25. The first-order valence-corrected chi connectivity index (χ1v) is 4.23. The van der Waals surface area contributed by atoms with E-state index in [-0.39, 0.29) is 6.10 Å². The molecule has 1 aliphatic heterocycles. The second kappa shape index (κ2) is 4.39. The van der Waals surface area contributed by atoms with Gasteiger partial charge in [-0.25, -0.2) is 0 Å². The topological polar surface area (TPSA) is 18.5 Å². The van der Waals surface area contributed by atoms with Crippen molar-refractivity contribution >= 4 is 0 Å². The molecule has 64 valence electrons. The number of hydrogen-bond donors (Lipinski definition) is 0. The van der Waals surface area contributed by atoms with Crippen molar-refractivity contribution in [3.8, 4) is 0 Å². The molecular formula is C9H16O2. The Hall–Kier alpha value is -0.500. The maximum atomic E-state index is 5.45. The van der Waals surface area contributed by atoms with E-state index in [0.29, 0.717) is 6.10 Å². The van der Waals surface area contributed by atoms with Crippen LogP contribution in [0.5, 0.6) is 0 Å². The normalized spacial score (nSPS) is 27.6. The lowest BCUT2D eigenvalue weighted by atomic mass is 10.1. The minimum atomic E-state index is 0.202. The highest BCUT2D eigenvalue weighted by molar-refractivity contribution is 4.75. The average Bonchev–Trinajstić information content (AvgIpc) is 2.52. The van der Waals surface area contributed by atoms with Crippen LogP contribution >= 0.6 is 0 Å². The van der Waals surface area contributed by atoms with E-state index >= 15 is 0 Å². The fraction of sp³-hybridized carbons (Fsp3) is 0.778. The highest BCUT2D eigenvalue weighted by Crippen LogP contribution is 2.17. The molecule has 2 nitrogen and oxygen atoms in total. The Morgan fingerprint density at radius 2 is 2.45 bits per heavy atom. The summed E-state index contributed by atoms with van der Waals surface area (Å²) < 4.78 is 10.8. The van der Waals surface area contributed by atoms with Crippen LogP contribution in [0.4, 0.5) is 0 Å². The third-order valence-corrected chi connectivity index (χ3v) is 1.92. The highest BCUT2D eigenvalue weighted by atomic mass is 16.5. The van der Waals surface area contributed by atoms with Crippen LogP contribution in [0.3, 0.4) is 0 Å². The van der Waals surface area contributed by atoms with Gasteiger partial charge in [0.15, 0.2) is 0 Å². The van der Waals surface area contributed by atoms with E-state index in [1.54, 1.807) is 6.26 Å². The van der Waals surface area contributed by atoms with Crippen molar-refractivity contribution in [1.29, 1.82) is 0 Å². The molecule has 1 aliphatic rings. The molecule has 1 saturated heterocycles. The van der Waals surface area contributed by atoms with Gasteiger partial charge < -0.3 is 9.47 Å². The fourth-order valence-electron chi connectivity index (χ4n) is 1.26. The molecule has 0 saturated carbocycles. The average molecular weight is 156 g/mol. The van der Waals surface area contributed by atoms with Gasteiger partial charge in [0.2, 0.25) is 0 Å². The Morgan fingerprint density at radius 1 is 1.64 bits per heavy atom. The van der Waals surface area contributed by atoms with Crippen LogP contribution in [0.25, 0.3) is 0 Å². The number of hydrogen-bond acceptors (Lipinski definition) is 2. The van der Waals surface area contributed by atoms with Gasteiger partial charge >= 0.3 is 0 Å².